The monoisotopic (exact) mass is 271 g/mol. The number of anilines is 1. The van der Waals surface area contributed by atoms with Gasteiger partial charge in [0.2, 0.25) is 5.91 Å². The minimum atomic E-state index is 0.0163. The summed E-state index contributed by atoms with van der Waals surface area (Å²) in [5.41, 5.74) is 0.812. The maximum atomic E-state index is 11.4. The molecule has 3 rings (SSSR count). The van der Waals surface area contributed by atoms with Crippen LogP contribution in [-0.4, -0.2) is 25.2 Å². The van der Waals surface area contributed by atoms with Crippen molar-refractivity contribution >= 4 is 22.4 Å². The Morgan fingerprint density at radius 1 is 1.40 bits per heavy atom. The minimum Gasteiger partial charge on any atom is -0.490 e. The Labute approximate surface area is 117 Å². The van der Waals surface area contributed by atoms with Gasteiger partial charge in [0.25, 0.3) is 0 Å². The zero-order valence-electron chi connectivity index (χ0n) is 11.4. The summed E-state index contributed by atoms with van der Waals surface area (Å²) < 4.78 is 10.9. The number of epoxide rings is 1. The second kappa shape index (κ2) is 5.51. The molecule has 1 N–H and O–H groups in total. The van der Waals surface area contributed by atoms with Gasteiger partial charge in [-0.25, -0.2) is 0 Å². The number of hydrogen-bond acceptors (Lipinski definition) is 3. The van der Waals surface area contributed by atoms with Crippen molar-refractivity contribution in [1.29, 1.82) is 0 Å². The van der Waals surface area contributed by atoms with E-state index < -0.39 is 0 Å². The molecule has 0 aromatic heterocycles. The smallest absolute Gasteiger partial charge is 0.224 e. The molecule has 0 aliphatic carbocycles. The first-order valence-electron chi connectivity index (χ1n) is 6.83. The number of ether oxygens (including phenoxy) is 2. The molecular weight excluding hydrogens is 254 g/mol. The Morgan fingerprint density at radius 3 is 3.00 bits per heavy atom. The van der Waals surface area contributed by atoms with E-state index in [1.165, 1.54) is 0 Å². The first-order chi connectivity index (χ1) is 9.76. The molecule has 1 aliphatic rings. The lowest BCUT2D eigenvalue weighted by Crippen LogP contribution is -2.09. The summed E-state index contributed by atoms with van der Waals surface area (Å²) in [6.07, 6.45) is 0.719. The van der Waals surface area contributed by atoms with E-state index in [4.69, 9.17) is 9.47 Å². The lowest BCUT2D eigenvalue weighted by atomic mass is 10.1. The van der Waals surface area contributed by atoms with Crippen molar-refractivity contribution in [2.75, 3.05) is 18.5 Å². The van der Waals surface area contributed by atoms with Gasteiger partial charge in [-0.05, 0) is 29.7 Å². The minimum absolute atomic E-state index is 0.0163. The summed E-state index contributed by atoms with van der Waals surface area (Å²) >= 11 is 0. The fraction of sp³-hybridized carbons (Fsp3) is 0.312. The average molecular weight is 271 g/mol. The third-order valence-electron chi connectivity index (χ3n) is 3.27. The molecule has 4 nitrogen and oxygen atoms in total. The Hall–Kier alpha value is -2.07. The lowest BCUT2D eigenvalue weighted by molar-refractivity contribution is -0.115. The van der Waals surface area contributed by atoms with Crippen molar-refractivity contribution in [3.63, 3.8) is 0 Å². The first-order valence-corrected chi connectivity index (χ1v) is 6.83. The summed E-state index contributed by atoms with van der Waals surface area (Å²) in [6, 6.07) is 11.8. The van der Waals surface area contributed by atoms with E-state index in [0.717, 1.165) is 28.8 Å². The lowest BCUT2D eigenvalue weighted by Gasteiger charge is -2.10. The average Bonchev–Trinajstić information content (AvgIpc) is 3.28. The zero-order chi connectivity index (χ0) is 13.9. The van der Waals surface area contributed by atoms with Crippen molar-refractivity contribution in [2.24, 2.45) is 0 Å². The van der Waals surface area contributed by atoms with Gasteiger partial charge in [0.05, 0.1) is 6.61 Å². The van der Waals surface area contributed by atoms with Crippen LogP contribution in [0.3, 0.4) is 0 Å². The summed E-state index contributed by atoms with van der Waals surface area (Å²) in [6.45, 7) is 3.22. The van der Waals surface area contributed by atoms with Crippen molar-refractivity contribution < 1.29 is 14.3 Å². The number of hydrogen-bond donors (Lipinski definition) is 1. The van der Waals surface area contributed by atoms with Crippen LogP contribution in [0, 0.1) is 0 Å². The van der Waals surface area contributed by atoms with Gasteiger partial charge >= 0.3 is 0 Å². The number of amides is 1. The second-order valence-electron chi connectivity index (χ2n) is 4.86. The van der Waals surface area contributed by atoms with Gasteiger partial charge in [-0.1, -0.05) is 19.1 Å². The SMILES string of the molecule is CCC(=O)Nc1ccc2c(OCC3CO3)cccc2c1. The van der Waals surface area contributed by atoms with Crippen LogP contribution in [0.4, 0.5) is 5.69 Å². The number of rotatable bonds is 5. The molecule has 0 bridgehead atoms. The predicted molar refractivity (Wildman–Crippen MR) is 78.1 cm³/mol. The molecular formula is C16H17NO3. The molecule has 1 fully saturated rings. The molecule has 0 saturated carbocycles. The Balaban J connectivity index is 1.84. The third-order valence-corrected chi connectivity index (χ3v) is 3.27. The molecule has 1 aliphatic heterocycles. The van der Waals surface area contributed by atoms with E-state index in [0.29, 0.717) is 13.0 Å². The fourth-order valence-corrected chi connectivity index (χ4v) is 2.05. The van der Waals surface area contributed by atoms with E-state index in [2.05, 4.69) is 5.32 Å². The molecule has 2 aromatic carbocycles. The van der Waals surface area contributed by atoms with Gasteiger partial charge in [-0.2, -0.15) is 0 Å². The van der Waals surface area contributed by atoms with E-state index in [1.807, 2.05) is 43.3 Å². The highest BCUT2D eigenvalue weighted by Crippen LogP contribution is 2.28. The Kier molecular flexibility index (Phi) is 3.56. The summed E-state index contributed by atoms with van der Waals surface area (Å²) in [5, 5.41) is 4.96. The van der Waals surface area contributed by atoms with Crippen LogP contribution in [-0.2, 0) is 9.53 Å². The Bertz CT molecular complexity index is 635. The number of fused-ring (bicyclic) bond motifs is 1. The number of nitrogens with one attached hydrogen (secondary N) is 1. The molecule has 1 atom stereocenters. The molecule has 1 heterocycles. The highest BCUT2D eigenvalue weighted by atomic mass is 16.6. The molecule has 0 radical (unpaired) electrons. The molecule has 1 saturated heterocycles. The molecule has 2 aromatic rings. The van der Waals surface area contributed by atoms with E-state index in [9.17, 15) is 4.79 Å². The van der Waals surface area contributed by atoms with Crippen LogP contribution in [0.15, 0.2) is 36.4 Å². The number of carbonyl (C=O) groups excluding carboxylic acids is 1. The molecule has 20 heavy (non-hydrogen) atoms. The van der Waals surface area contributed by atoms with Gasteiger partial charge in [0.15, 0.2) is 0 Å². The predicted octanol–water partition coefficient (Wildman–Crippen LogP) is 2.97. The quantitative estimate of drug-likeness (QED) is 0.851. The van der Waals surface area contributed by atoms with E-state index in [-0.39, 0.29) is 12.0 Å². The molecule has 1 unspecified atom stereocenters. The molecule has 0 spiro atoms. The summed E-state index contributed by atoms with van der Waals surface area (Å²) in [7, 11) is 0. The van der Waals surface area contributed by atoms with Crippen LogP contribution in [0.1, 0.15) is 13.3 Å². The highest BCUT2D eigenvalue weighted by Gasteiger charge is 2.23. The van der Waals surface area contributed by atoms with Gasteiger partial charge in [0.1, 0.15) is 18.5 Å². The van der Waals surface area contributed by atoms with Crippen LogP contribution in [0.5, 0.6) is 5.75 Å². The standard InChI is InChI=1S/C16H17NO3/c1-2-16(18)17-12-6-7-14-11(8-12)4-3-5-15(14)20-10-13-9-19-13/h3-8,13H,2,9-10H2,1H3,(H,17,18). The normalized spacial score (nSPS) is 16.9. The van der Waals surface area contributed by atoms with Crippen LogP contribution < -0.4 is 10.1 Å². The van der Waals surface area contributed by atoms with E-state index in [1.54, 1.807) is 0 Å². The summed E-state index contributed by atoms with van der Waals surface area (Å²) in [5.74, 6) is 0.869. The summed E-state index contributed by atoms with van der Waals surface area (Å²) in [4.78, 5) is 11.4. The first kappa shape index (κ1) is 12.9. The van der Waals surface area contributed by atoms with Crippen molar-refractivity contribution in [3.8, 4) is 5.75 Å². The van der Waals surface area contributed by atoms with Gasteiger partial charge < -0.3 is 14.8 Å². The fourth-order valence-electron chi connectivity index (χ4n) is 2.05. The van der Waals surface area contributed by atoms with Crippen molar-refractivity contribution in [1.82, 2.24) is 0 Å². The number of carbonyl (C=O) groups is 1. The van der Waals surface area contributed by atoms with Crippen LogP contribution >= 0.6 is 0 Å². The van der Waals surface area contributed by atoms with Gasteiger partial charge in [-0.3, -0.25) is 4.79 Å². The largest absolute Gasteiger partial charge is 0.490 e. The maximum Gasteiger partial charge on any atom is 0.224 e. The molecule has 1 amide bonds. The van der Waals surface area contributed by atoms with Crippen LogP contribution in [0.2, 0.25) is 0 Å². The number of benzene rings is 2. The molecule has 4 heteroatoms. The van der Waals surface area contributed by atoms with Crippen molar-refractivity contribution in [2.45, 2.75) is 19.4 Å². The zero-order valence-corrected chi connectivity index (χ0v) is 11.4. The van der Waals surface area contributed by atoms with E-state index >= 15 is 0 Å². The third kappa shape index (κ3) is 2.91. The van der Waals surface area contributed by atoms with Crippen molar-refractivity contribution in [3.05, 3.63) is 36.4 Å². The second-order valence-corrected chi connectivity index (χ2v) is 4.86. The Morgan fingerprint density at radius 2 is 2.25 bits per heavy atom. The topological polar surface area (TPSA) is 50.9 Å². The van der Waals surface area contributed by atoms with Gasteiger partial charge in [0, 0.05) is 17.5 Å². The molecule has 104 valence electrons. The maximum absolute atomic E-state index is 11.4. The van der Waals surface area contributed by atoms with Gasteiger partial charge in [-0.15, -0.1) is 0 Å². The van der Waals surface area contributed by atoms with Crippen LogP contribution in [0.25, 0.3) is 10.8 Å². The highest BCUT2D eigenvalue weighted by molar-refractivity contribution is 5.96.